The first-order valence-electron chi connectivity index (χ1n) is 9.99. The number of aromatic nitrogens is 1. The minimum atomic E-state index is -0.286. The van der Waals surface area contributed by atoms with Gasteiger partial charge in [0.15, 0.2) is 0 Å². The third-order valence-electron chi connectivity index (χ3n) is 5.10. The zero-order valence-corrected chi connectivity index (χ0v) is 17.2. The van der Waals surface area contributed by atoms with E-state index in [1.54, 1.807) is 24.1 Å². The molecule has 154 valence electrons. The molecule has 29 heavy (non-hydrogen) atoms. The van der Waals surface area contributed by atoms with Gasteiger partial charge < -0.3 is 20.3 Å². The van der Waals surface area contributed by atoms with E-state index in [0.29, 0.717) is 38.2 Å². The Labute approximate surface area is 171 Å². The van der Waals surface area contributed by atoms with Gasteiger partial charge in [0, 0.05) is 24.8 Å². The molecule has 0 unspecified atom stereocenters. The molecule has 1 aliphatic heterocycles. The van der Waals surface area contributed by atoms with Gasteiger partial charge in [-0.25, -0.2) is 9.78 Å². The summed E-state index contributed by atoms with van der Waals surface area (Å²) in [5.74, 6) is -0.196. The molecule has 1 saturated heterocycles. The molecule has 1 fully saturated rings. The van der Waals surface area contributed by atoms with Crippen LogP contribution >= 0.6 is 0 Å². The largest absolute Gasteiger partial charge is 0.450 e. The number of hydrogen-bond acceptors (Lipinski definition) is 5. The maximum atomic E-state index is 12.5. The number of aryl methyl sites for hydroxylation is 2. The lowest BCUT2D eigenvalue weighted by Gasteiger charge is -2.31. The van der Waals surface area contributed by atoms with Crippen molar-refractivity contribution in [2.45, 2.75) is 39.7 Å². The number of anilines is 2. The maximum Gasteiger partial charge on any atom is 0.409 e. The number of hydrogen-bond donors (Lipinski definition) is 2. The van der Waals surface area contributed by atoms with Gasteiger partial charge in [0.05, 0.1) is 18.5 Å². The van der Waals surface area contributed by atoms with Crippen LogP contribution in [-0.4, -0.2) is 47.6 Å². The second kappa shape index (κ2) is 9.41. The van der Waals surface area contributed by atoms with E-state index in [1.165, 1.54) is 0 Å². The first-order valence-corrected chi connectivity index (χ1v) is 9.99. The zero-order valence-electron chi connectivity index (χ0n) is 17.2. The highest BCUT2D eigenvalue weighted by Crippen LogP contribution is 2.24. The highest BCUT2D eigenvalue weighted by molar-refractivity contribution is 5.92. The summed E-state index contributed by atoms with van der Waals surface area (Å²) in [6, 6.07) is 9.74. The molecule has 2 aromatic rings. The minimum Gasteiger partial charge on any atom is -0.450 e. The molecule has 2 heterocycles. The van der Waals surface area contributed by atoms with Crippen molar-refractivity contribution in [3.63, 3.8) is 0 Å². The highest BCUT2D eigenvalue weighted by Gasteiger charge is 2.25. The van der Waals surface area contributed by atoms with Crippen molar-refractivity contribution in [3.05, 3.63) is 53.3 Å². The molecule has 0 atom stereocenters. The molecule has 7 nitrogen and oxygen atoms in total. The molecule has 0 bridgehead atoms. The number of likely N-dealkylation sites (tertiary alicyclic amines) is 1. The van der Waals surface area contributed by atoms with E-state index in [4.69, 9.17) is 4.74 Å². The molecule has 7 heteroatoms. The van der Waals surface area contributed by atoms with Crippen molar-refractivity contribution in [2.75, 3.05) is 25.0 Å². The van der Waals surface area contributed by atoms with Gasteiger partial charge in [-0.2, -0.15) is 0 Å². The fraction of sp³-hybridized carbons (Fsp3) is 0.409. The summed E-state index contributed by atoms with van der Waals surface area (Å²) in [4.78, 5) is 30.3. The van der Waals surface area contributed by atoms with E-state index in [-0.39, 0.29) is 18.0 Å². The standard InChI is InChI=1S/C22H28N4O3/c1-4-29-22(28)26-12-10-17(11-13-26)25-21(27)19-9-8-18(14-23-19)24-20-15(2)6-5-7-16(20)3/h5-9,14,17,24H,4,10-13H2,1-3H3,(H,25,27). The quantitative estimate of drug-likeness (QED) is 0.803. The van der Waals surface area contributed by atoms with Gasteiger partial charge >= 0.3 is 6.09 Å². The molecular weight excluding hydrogens is 368 g/mol. The van der Waals surface area contributed by atoms with E-state index < -0.39 is 0 Å². The molecular formula is C22H28N4O3. The zero-order chi connectivity index (χ0) is 20.8. The summed E-state index contributed by atoms with van der Waals surface area (Å²) in [7, 11) is 0. The van der Waals surface area contributed by atoms with Crippen LogP contribution in [0.1, 0.15) is 41.4 Å². The van der Waals surface area contributed by atoms with Gasteiger partial charge in [0.1, 0.15) is 5.69 Å². The Kier molecular flexibility index (Phi) is 6.69. The summed E-state index contributed by atoms with van der Waals surface area (Å²) < 4.78 is 5.02. The van der Waals surface area contributed by atoms with Crippen LogP contribution in [0.4, 0.5) is 16.2 Å². The Hall–Kier alpha value is -3.09. The number of nitrogens with one attached hydrogen (secondary N) is 2. The molecule has 0 radical (unpaired) electrons. The normalized spacial score (nSPS) is 14.4. The van der Waals surface area contributed by atoms with Crippen molar-refractivity contribution >= 4 is 23.4 Å². The Morgan fingerprint density at radius 1 is 1.14 bits per heavy atom. The summed E-state index contributed by atoms with van der Waals surface area (Å²) in [6.07, 6.45) is 2.79. The summed E-state index contributed by atoms with van der Waals surface area (Å²) in [5, 5.41) is 6.38. The molecule has 3 rings (SSSR count). The van der Waals surface area contributed by atoms with Crippen molar-refractivity contribution in [1.82, 2.24) is 15.2 Å². The molecule has 2 amide bonds. The molecule has 0 saturated carbocycles. The predicted octanol–water partition coefficient (Wildman–Crippen LogP) is 3.79. The number of piperidine rings is 1. The fourth-order valence-corrected chi connectivity index (χ4v) is 3.44. The van der Waals surface area contributed by atoms with Gasteiger partial charge in [-0.1, -0.05) is 18.2 Å². The van der Waals surface area contributed by atoms with Crippen LogP contribution in [0.5, 0.6) is 0 Å². The van der Waals surface area contributed by atoms with Gasteiger partial charge in [-0.05, 0) is 56.9 Å². The Balaban J connectivity index is 1.54. The number of rotatable bonds is 5. The topological polar surface area (TPSA) is 83.6 Å². The number of carbonyl (C=O) groups is 2. The van der Waals surface area contributed by atoms with E-state index in [9.17, 15) is 9.59 Å². The third-order valence-corrected chi connectivity index (χ3v) is 5.10. The van der Waals surface area contributed by atoms with Crippen LogP contribution in [0.3, 0.4) is 0 Å². The Morgan fingerprint density at radius 3 is 2.41 bits per heavy atom. The molecule has 1 aliphatic rings. The van der Waals surface area contributed by atoms with Gasteiger partial charge in [-0.3, -0.25) is 4.79 Å². The lowest BCUT2D eigenvalue weighted by Crippen LogP contribution is -2.46. The Morgan fingerprint density at radius 2 is 1.83 bits per heavy atom. The average molecular weight is 396 g/mol. The van der Waals surface area contributed by atoms with Crippen molar-refractivity contribution in [1.29, 1.82) is 0 Å². The van der Waals surface area contributed by atoms with Gasteiger partial charge in [0.2, 0.25) is 0 Å². The van der Waals surface area contributed by atoms with Crippen molar-refractivity contribution in [2.24, 2.45) is 0 Å². The van der Waals surface area contributed by atoms with Crippen molar-refractivity contribution < 1.29 is 14.3 Å². The van der Waals surface area contributed by atoms with Crippen LogP contribution in [0.2, 0.25) is 0 Å². The second-order valence-corrected chi connectivity index (χ2v) is 7.26. The lowest BCUT2D eigenvalue weighted by atomic mass is 10.1. The monoisotopic (exact) mass is 396 g/mol. The van der Waals surface area contributed by atoms with Crippen LogP contribution in [-0.2, 0) is 4.74 Å². The third kappa shape index (κ3) is 5.25. The fourth-order valence-electron chi connectivity index (χ4n) is 3.44. The molecule has 0 spiro atoms. The van der Waals surface area contributed by atoms with Crippen LogP contribution in [0.25, 0.3) is 0 Å². The first-order chi connectivity index (χ1) is 14.0. The summed E-state index contributed by atoms with van der Waals surface area (Å²) >= 11 is 0. The van der Waals surface area contributed by atoms with Crippen LogP contribution < -0.4 is 10.6 Å². The summed E-state index contributed by atoms with van der Waals surface area (Å²) in [6.45, 7) is 7.43. The highest BCUT2D eigenvalue weighted by atomic mass is 16.6. The molecule has 1 aromatic heterocycles. The van der Waals surface area contributed by atoms with E-state index in [0.717, 1.165) is 22.5 Å². The van der Waals surface area contributed by atoms with Gasteiger partial charge in [0.25, 0.3) is 5.91 Å². The number of para-hydroxylation sites is 1. The molecule has 0 aliphatic carbocycles. The van der Waals surface area contributed by atoms with E-state index in [2.05, 4.69) is 41.6 Å². The number of benzene rings is 1. The predicted molar refractivity (Wildman–Crippen MR) is 113 cm³/mol. The van der Waals surface area contributed by atoms with Gasteiger partial charge in [-0.15, -0.1) is 0 Å². The number of nitrogens with zero attached hydrogens (tertiary/aromatic N) is 2. The SMILES string of the molecule is CCOC(=O)N1CCC(NC(=O)c2ccc(Nc3c(C)cccc3C)cn2)CC1. The van der Waals surface area contributed by atoms with E-state index in [1.807, 2.05) is 12.1 Å². The number of amides is 2. The number of pyridine rings is 1. The molecule has 1 aromatic carbocycles. The number of ether oxygens (including phenoxy) is 1. The average Bonchev–Trinajstić information content (AvgIpc) is 2.72. The smallest absolute Gasteiger partial charge is 0.409 e. The lowest BCUT2D eigenvalue weighted by molar-refractivity contribution is 0.0856. The van der Waals surface area contributed by atoms with E-state index >= 15 is 0 Å². The number of carbonyl (C=O) groups excluding carboxylic acids is 2. The first kappa shape index (κ1) is 20.6. The second-order valence-electron chi connectivity index (χ2n) is 7.26. The van der Waals surface area contributed by atoms with Crippen LogP contribution in [0.15, 0.2) is 36.5 Å². The molecule has 2 N–H and O–H groups in total. The maximum absolute atomic E-state index is 12.5. The summed E-state index contributed by atoms with van der Waals surface area (Å²) in [5.41, 5.74) is 4.58. The minimum absolute atomic E-state index is 0.0300. The Bertz CT molecular complexity index is 839. The van der Waals surface area contributed by atoms with Crippen LogP contribution in [0, 0.1) is 13.8 Å². The van der Waals surface area contributed by atoms with Crippen molar-refractivity contribution in [3.8, 4) is 0 Å².